The van der Waals surface area contributed by atoms with E-state index in [0.29, 0.717) is 4.47 Å². The van der Waals surface area contributed by atoms with Gasteiger partial charge in [-0.1, -0.05) is 6.07 Å². The number of carbonyl (C=O) groups is 1. The molecule has 0 aliphatic carbocycles. The van der Waals surface area contributed by atoms with Crippen LogP contribution in [0.25, 0.3) is 0 Å². The van der Waals surface area contributed by atoms with Crippen molar-refractivity contribution in [2.45, 2.75) is 45.2 Å². The zero-order chi connectivity index (χ0) is 15.6. The first-order valence-electron chi connectivity index (χ1n) is 7.29. The Morgan fingerprint density at radius 3 is 2.48 bits per heavy atom. The number of nitrogens with one attached hydrogen (secondary N) is 1. The van der Waals surface area contributed by atoms with Gasteiger partial charge in [-0.15, -0.1) is 0 Å². The Morgan fingerprint density at radius 2 is 1.95 bits per heavy atom. The molecule has 0 radical (unpaired) electrons. The maximum Gasteiger partial charge on any atom is 0.255 e. The van der Waals surface area contributed by atoms with Crippen LogP contribution >= 0.6 is 15.9 Å². The van der Waals surface area contributed by atoms with Crippen LogP contribution < -0.4 is 5.32 Å². The molecule has 21 heavy (non-hydrogen) atoms. The molecule has 1 amide bonds. The van der Waals surface area contributed by atoms with Gasteiger partial charge in [-0.3, -0.25) is 9.69 Å². The molecular formula is C16H22BrFN2O. The molecule has 1 N–H and O–H groups in total. The number of rotatable bonds is 2. The minimum Gasteiger partial charge on any atom is -0.349 e. The molecule has 116 valence electrons. The molecule has 1 aliphatic heterocycles. The van der Waals surface area contributed by atoms with Crippen molar-refractivity contribution in [3.8, 4) is 0 Å². The van der Waals surface area contributed by atoms with Crippen LogP contribution in [0.3, 0.4) is 0 Å². The van der Waals surface area contributed by atoms with Gasteiger partial charge in [-0.05, 0) is 61.7 Å². The summed E-state index contributed by atoms with van der Waals surface area (Å²) in [6, 6.07) is 4.68. The number of benzene rings is 1. The third-order valence-corrected chi connectivity index (χ3v) is 4.63. The predicted octanol–water partition coefficient (Wildman–Crippen LogP) is 3.58. The SMILES string of the molecule is CC(C)(C)N1CCC(NC(=O)c2c(F)cccc2Br)CC1. The third kappa shape index (κ3) is 4.04. The van der Waals surface area contributed by atoms with Gasteiger partial charge in [0, 0.05) is 29.1 Å². The summed E-state index contributed by atoms with van der Waals surface area (Å²) in [7, 11) is 0. The summed E-state index contributed by atoms with van der Waals surface area (Å²) in [4.78, 5) is 14.6. The Hall–Kier alpha value is -0.940. The number of likely N-dealkylation sites (tertiary alicyclic amines) is 1. The highest BCUT2D eigenvalue weighted by atomic mass is 79.9. The second kappa shape index (κ2) is 6.44. The molecule has 1 saturated heterocycles. The van der Waals surface area contributed by atoms with Crippen molar-refractivity contribution in [3.05, 3.63) is 34.1 Å². The van der Waals surface area contributed by atoms with Gasteiger partial charge in [0.25, 0.3) is 5.91 Å². The minimum atomic E-state index is -0.492. The molecule has 1 aromatic rings. The van der Waals surface area contributed by atoms with Crippen LogP contribution in [0.1, 0.15) is 44.0 Å². The first kappa shape index (κ1) is 16.4. The number of hydrogen-bond acceptors (Lipinski definition) is 2. The summed E-state index contributed by atoms with van der Waals surface area (Å²) in [6.45, 7) is 8.49. The molecule has 0 aromatic heterocycles. The van der Waals surface area contributed by atoms with E-state index in [1.165, 1.54) is 6.07 Å². The number of carbonyl (C=O) groups excluding carboxylic acids is 1. The van der Waals surface area contributed by atoms with E-state index in [-0.39, 0.29) is 23.1 Å². The lowest BCUT2D eigenvalue weighted by atomic mass is 9.98. The first-order chi connectivity index (χ1) is 9.79. The lowest BCUT2D eigenvalue weighted by Gasteiger charge is -2.41. The van der Waals surface area contributed by atoms with E-state index in [4.69, 9.17) is 0 Å². The van der Waals surface area contributed by atoms with E-state index in [1.807, 2.05) is 0 Å². The molecule has 0 bridgehead atoms. The number of piperidine rings is 1. The van der Waals surface area contributed by atoms with E-state index < -0.39 is 5.82 Å². The van der Waals surface area contributed by atoms with Crippen LogP contribution in [0.15, 0.2) is 22.7 Å². The van der Waals surface area contributed by atoms with E-state index in [1.54, 1.807) is 12.1 Å². The monoisotopic (exact) mass is 356 g/mol. The standard InChI is InChI=1S/C16H22BrFN2O/c1-16(2,3)20-9-7-11(8-10-20)19-15(21)14-12(17)5-4-6-13(14)18/h4-6,11H,7-10H2,1-3H3,(H,19,21). The van der Waals surface area contributed by atoms with Gasteiger partial charge in [-0.25, -0.2) is 4.39 Å². The maximum atomic E-state index is 13.8. The predicted molar refractivity (Wildman–Crippen MR) is 85.9 cm³/mol. The first-order valence-corrected chi connectivity index (χ1v) is 8.08. The van der Waals surface area contributed by atoms with E-state index >= 15 is 0 Å². The highest BCUT2D eigenvalue weighted by Gasteiger charge is 2.28. The highest BCUT2D eigenvalue weighted by molar-refractivity contribution is 9.10. The Kier molecular flexibility index (Phi) is 5.04. The number of halogens is 2. The zero-order valence-electron chi connectivity index (χ0n) is 12.7. The second-order valence-corrected chi connectivity index (χ2v) is 7.36. The van der Waals surface area contributed by atoms with Crippen LogP contribution in [-0.2, 0) is 0 Å². The molecule has 1 aromatic carbocycles. The summed E-state index contributed by atoms with van der Waals surface area (Å²) >= 11 is 3.24. The van der Waals surface area contributed by atoms with Gasteiger partial charge in [0.2, 0.25) is 0 Å². The maximum absolute atomic E-state index is 13.8. The second-order valence-electron chi connectivity index (χ2n) is 6.50. The van der Waals surface area contributed by atoms with Crippen molar-refractivity contribution in [2.75, 3.05) is 13.1 Å². The number of hydrogen-bond donors (Lipinski definition) is 1. The molecule has 1 fully saturated rings. The van der Waals surface area contributed by atoms with Gasteiger partial charge in [-0.2, -0.15) is 0 Å². The molecule has 5 heteroatoms. The summed E-state index contributed by atoms with van der Waals surface area (Å²) in [6.07, 6.45) is 1.80. The third-order valence-electron chi connectivity index (χ3n) is 3.97. The van der Waals surface area contributed by atoms with Crippen LogP contribution in [0, 0.1) is 5.82 Å². The lowest BCUT2D eigenvalue weighted by Crippen LogP contribution is -2.50. The molecular weight excluding hydrogens is 335 g/mol. The molecule has 2 rings (SSSR count). The van der Waals surface area contributed by atoms with Crippen LogP contribution in [-0.4, -0.2) is 35.5 Å². The quantitative estimate of drug-likeness (QED) is 0.878. The normalized spacial score (nSPS) is 17.8. The Morgan fingerprint density at radius 1 is 1.33 bits per heavy atom. The van der Waals surface area contributed by atoms with Crippen molar-refractivity contribution < 1.29 is 9.18 Å². The average molecular weight is 357 g/mol. The molecule has 1 heterocycles. The topological polar surface area (TPSA) is 32.3 Å². The fourth-order valence-corrected chi connectivity index (χ4v) is 3.19. The lowest BCUT2D eigenvalue weighted by molar-refractivity contribution is 0.0809. The summed E-state index contributed by atoms with van der Waals surface area (Å²) in [5, 5.41) is 2.95. The smallest absolute Gasteiger partial charge is 0.255 e. The van der Waals surface area contributed by atoms with Gasteiger partial charge in [0.05, 0.1) is 5.56 Å². The van der Waals surface area contributed by atoms with Crippen molar-refractivity contribution in [1.82, 2.24) is 10.2 Å². The molecule has 0 spiro atoms. The van der Waals surface area contributed by atoms with E-state index in [2.05, 4.69) is 46.9 Å². The van der Waals surface area contributed by atoms with Crippen LogP contribution in [0.4, 0.5) is 4.39 Å². The number of amides is 1. The van der Waals surface area contributed by atoms with Gasteiger partial charge < -0.3 is 5.32 Å². The molecule has 0 unspecified atom stereocenters. The number of nitrogens with zero attached hydrogens (tertiary/aromatic N) is 1. The van der Waals surface area contributed by atoms with Gasteiger partial charge >= 0.3 is 0 Å². The average Bonchev–Trinajstić information content (AvgIpc) is 2.38. The molecule has 3 nitrogen and oxygen atoms in total. The summed E-state index contributed by atoms with van der Waals surface area (Å²) in [5.41, 5.74) is 0.250. The Bertz CT molecular complexity index is 499. The van der Waals surface area contributed by atoms with Crippen molar-refractivity contribution >= 4 is 21.8 Å². The van der Waals surface area contributed by atoms with Crippen LogP contribution in [0.5, 0.6) is 0 Å². The van der Waals surface area contributed by atoms with Gasteiger partial charge in [0.15, 0.2) is 0 Å². The van der Waals surface area contributed by atoms with E-state index in [9.17, 15) is 9.18 Å². The van der Waals surface area contributed by atoms with Gasteiger partial charge in [0.1, 0.15) is 5.82 Å². The highest BCUT2D eigenvalue weighted by Crippen LogP contribution is 2.22. The van der Waals surface area contributed by atoms with Crippen molar-refractivity contribution in [3.63, 3.8) is 0 Å². The molecule has 0 atom stereocenters. The Balaban J connectivity index is 1.96. The zero-order valence-corrected chi connectivity index (χ0v) is 14.3. The Labute approximate surface area is 134 Å². The minimum absolute atomic E-state index is 0.0933. The van der Waals surface area contributed by atoms with Crippen molar-refractivity contribution in [2.24, 2.45) is 0 Å². The summed E-state index contributed by atoms with van der Waals surface area (Å²) < 4.78 is 14.3. The molecule has 1 aliphatic rings. The molecule has 0 saturated carbocycles. The van der Waals surface area contributed by atoms with E-state index in [0.717, 1.165) is 25.9 Å². The fourth-order valence-electron chi connectivity index (χ4n) is 2.67. The largest absolute Gasteiger partial charge is 0.349 e. The van der Waals surface area contributed by atoms with Crippen molar-refractivity contribution in [1.29, 1.82) is 0 Å². The summed E-state index contributed by atoms with van der Waals surface area (Å²) in [5.74, 6) is -0.830. The fraction of sp³-hybridized carbons (Fsp3) is 0.562. The van der Waals surface area contributed by atoms with Crippen LogP contribution in [0.2, 0.25) is 0 Å².